The summed E-state index contributed by atoms with van der Waals surface area (Å²) >= 11 is 0. The minimum absolute atomic E-state index is 0.724. The van der Waals surface area contributed by atoms with Crippen LogP contribution in [0, 0.1) is 13.8 Å². The molecular formula is C16H14N4. The molecule has 20 heavy (non-hydrogen) atoms. The lowest BCUT2D eigenvalue weighted by Crippen LogP contribution is -1.92. The Morgan fingerprint density at radius 3 is 1.65 bits per heavy atom. The molecule has 0 saturated carbocycles. The van der Waals surface area contributed by atoms with Crippen molar-refractivity contribution in [1.29, 1.82) is 0 Å². The van der Waals surface area contributed by atoms with Crippen LogP contribution in [0.1, 0.15) is 11.4 Å². The summed E-state index contributed by atoms with van der Waals surface area (Å²) in [6.45, 7) is 3.92. The molecule has 0 fully saturated rings. The van der Waals surface area contributed by atoms with Crippen LogP contribution in [-0.2, 0) is 0 Å². The van der Waals surface area contributed by atoms with Crippen molar-refractivity contribution in [2.75, 3.05) is 0 Å². The highest BCUT2D eigenvalue weighted by molar-refractivity contribution is 5.62. The number of aryl methyl sites for hydroxylation is 2. The molecule has 2 heterocycles. The molecule has 0 spiro atoms. The van der Waals surface area contributed by atoms with E-state index in [0.29, 0.717) is 0 Å². The van der Waals surface area contributed by atoms with Gasteiger partial charge >= 0.3 is 0 Å². The predicted octanol–water partition coefficient (Wildman–Crippen LogP) is 3.22. The molecule has 0 radical (unpaired) electrons. The van der Waals surface area contributed by atoms with E-state index in [0.717, 1.165) is 28.3 Å². The summed E-state index contributed by atoms with van der Waals surface area (Å²) < 4.78 is 0. The third kappa shape index (κ3) is 2.54. The maximum Gasteiger partial charge on any atom is 0.159 e. The van der Waals surface area contributed by atoms with E-state index in [4.69, 9.17) is 0 Å². The van der Waals surface area contributed by atoms with Gasteiger partial charge in [-0.3, -0.25) is 0 Å². The van der Waals surface area contributed by atoms with E-state index >= 15 is 0 Å². The first-order valence-corrected chi connectivity index (χ1v) is 6.40. The molecule has 0 amide bonds. The maximum atomic E-state index is 4.41. The van der Waals surface area contributed by atoms with Crippen LogP contribution in [0.3, 0.4) is 0 Å². The van der Waals surface area contributed by atoms with E-state index in [1.54, 1.807) is 24.8 Å². The van der Waals surface area contributed by atoms with Gasteiger partial charge in [0.25, 0.3) is 0 Å². The molecule has 0 N–H and O–H groups in total. The third-order valence-corrected chi connectivity index (χ3v) is 3.08. The first-order valence-electron chi connectivity index (χ1n) is 6.40. The Bertz CT molecular complexity index is 636. The van der Waals surface area contributed by atoms with E-state index in [-0.39, 0.29) is 0 Å². The second kappa shape index (κ2) is 5.17. The molecule has 0 aliphatic rings. The van der Waals surface area contributed by atoms with Gasteiger partial charge in [-0.15, -0.1) is 0 Å². The Morgan fingerprint density at radius 2 is 1.10 bits per heavy atom. The quantitative estimate of drug-likeness (QED) is 0.711. The molecule has 4 heteroatoms. The van der Waals surface area contributed by atoms with Gasteiger partial charge in [-0.25, -0.2) is 19.9 Å². The Hall–Kier alpha value is -2.62. The van der Waals surface area contributed by atoms with Crippen molar-refractivity contribution in [2.45, 2.75) is 13.8 Å². The van der Waals surface area contributed by atoms with Crippen molar-refractivity contribution in [2.24, 2.45) is 0 Å². The van der Waals surface area contributed by atoms with Gasteiger partial charge in [0.2, 0.25) is 0 Å². The molecular weight excluding hydrogens is 248 g/mol. The minimum atomic E-state index is 0.724. The van der Waals surface area contributed by atoms with Crippen LogP contribution in [0.4, 0.5) is 0 Å². The number of benzene rings is 1. The highest BCUT2D eigenvalue weighted by Gasteiger charge is 2.03. The van der Waals surface area contributed by atoms with Crippen LogP contribution in [-0.4, -0.2) is 19.9 Å². The van der Waals surface area contributed by atoms with Crippen LogP contribution in [0.15, 0.2) is 49.1 Å². The number of nitrogens with zero attached hydrogens (tertiary/aromatic N) is 4. The fraction of sp³-hybridized carbons (Fsp3) is 0.125. The van der Waals surface area contributed by atoms with Gasteiger partial charge in [0.15, 0.2) is 5.82 Å². The minimum Gasteiger partial charge on any atom is -0.241 e. The van der Waals surface area contributed by atoms with Crippen LogP contribution in [0.2, 0.25) is 0 Å². The molecule has 0 atom stereocenters. The monoisotopic (exact) mass is 262 g/mol. The van der Waals surface area contributed by atoms with Crippen molar-refractivity contribution in [1.82, 2.24) is 19.9 Å². The van der Waals surface area contributed by atoms with Crippen molar-refractivity contribution < 1.29 is 0 Å². The van der Waals surface area contributed by atoms with Crippen LogP contribution < -0.4 is 0 Å². The summed E-state index contributed by atoms with van der Waals surface area (Å²) in [6, 6.07) is 8.17. The zero-order valence-corrected chi connectivity index (χ0v) is 11.4. The topological polar surface area (TPSA) is 51.6 Å². The van der Waals surface area contributed by atoms with Gasteiger partial charge < -0.3 is 0 Å². The van der Waals surface area contributed by atoms with Gasteiger partial charge in [0, 0.05) is 41.5 Å². The number of hydrogen-bond acceptors (Lipinski definition) is 4. The number of rotatable bonds is 2. The molecule has 1 aromatic carbocycles. The molecule has 2 aromatic heterocycles. The molecule has 0 unspecified atom stereocenters. The lowest BCUT2D eigenvalue weighted by molar-refractivity contribution is 1.05. The number of aromatic nitrogens is 4. The fourth-order valence-corrected chi connectivity index (χ4v) is 1.87. The zero-order valence-electron chi connectivity index (χ0n) is 11.4. The van der Waals surface area contributed by atoms with Gasteiger partial charge in [-0.1, -0.05) is 29.8 Å². The molecule has 0 saturated heterocycles. The number of hydrogen-bond donors (Lipinski definition) is 0. The Balaban J connectivity index is 1.91. The van der Waals surface area contributed by atoms with Crippen LogP contribution in [0.5, 0.6) is 0 Å². The summed E-state index contributed by atoms with van der Waals surface area (Å²) in [4.78, 5) is 17.2. The van der Waals surface area contributed by atoms with E-state index < -0.39 is 0 Å². The van der Waals surface area contributed by atoms with Crippen LogP contribution >= 0.6 is 0 Å². The van der Waals surface area contributed by atoms with Gasteiger partial charge in [-0.05, 0) is 13.8 Å². The maximum absolute atomic E-state index is 4.41. The molecule has 0 aliphatic carbocycles. The highest BCUT2D eigenvalue weighted by Crippen LogP contribution is 2.19. The molecule has 0 aliphatic heterocycles. The van der Waals surface area contributed by atoms with Crippen molar-refractivity contribution >= 4 is 0 Å². The highest BCUT2D eigenvalue weighted by atomic mass is 14.9. The van der Waals surface area contributed by atoms with E-state index in [1.165, 1.54) is 5.56 Å². The summed E-state index contributed by atoms with van der Waals surface area (Å²) in [6.07, 6.45) is 7.17. The normalized spacial score (nSPS) is 10.5. The van der Waals surface area contributed by atoms with E-state index in [1.807, 2.05) is 19.1 Å². The second-order valence-corrected chi connectivity index (χ2v) is 4.68. The van der Waals surface area contributed by atoms with Crippen molar-refractivity contribution in [3.63, 3.8) is 0 Å². The summed E-state index contributed by atoms with van der Waals surface area (Å²) in [5, 5.41) is 0. The second-order valence-electron chi connectivity index (χ2n) is 4.68. The van der Waals surface area contributed by atoms with E-state index in [9.17, 15) is 0 Å². The summed E-state index contributed by atoms with van der Waals surface area (Å²) in [7, 11) is 0. The Kier molecular flexibility index (Phi) is 3.21. The summed E-state index contributed by atoms with van der Waals surface area (Å²) in [5.74, 6) is 1.48. The van der Waals surface area contributed by atoms with Gasteiger partial charge in [0.1, 0.15) is 5.82 Å². The summed E-state index contributed by atoms with van der Waals surface area (Å²) in [5.41, 5.74) is 4.08. The standard InChI is InChI=1S/C16H14N4/c1-11-3-5-13(6-4-11)16-19-9-15(10-20-16)14-7-17-12(2)18-8-14/h3-10H,1-2H3. The largest absolute Gasteiger partial charge is 0.241 e. The average molecular weight is 262 g/mol. The fourth-order valence-electron chi connectivity index (χ4n) is 1.87. The average Bonchev–Trinajstić information content (AvgIpc) is 2.49. The lowest BCUT2D eigenvalue weighted by atomic mass is 10.1. The lowest BCUT2D eigenvalue weighted by Gasteiger charge is -2.03. The zero-order chi connectivity index (χ0) is 13.9. The molecule has 4 nitrogen and oxygen atoms in total. The molecule has 98 valence electrons. The van der Waals surface area contributed by atoms with E-state index in [2.05, 4.69) is 39.0 Å². The Labute approximate surface area is 117 Å². The van der Waals surface area contributed by atoms with Crippen molar-refractivity contribution in [3.05, 3.63) is 60.4 Å². The predicted molar refractivity (Wildman–Crippen MR) is 78.0 cm³/mol. The molecule has 3 rings (SSSR count). The first-order chi connectivity index (χ1) is 9.72. The van der Waals surface area contributed by atoms with Gasteiger partial charge in [0.05, 0.1) is 0 Å². The first kappa shape index (κ1) is 12.4. The third-order valence-electron chi connectivity index (χ3n) is 3.08. The molecule has 0 bridgehead atoms. The van der Waals surface area contributed by atoms with Crippen LogP contribution in [0.25, 0.3) is 22.5 Å². The molecule has 3 aromatic rings. The smallest absolute Gasteiger partial charge is 0.159 e. The van der Waals surface area contributed by atoms with Gasteiger partial charge in [-0.2, -0.15) is 0 Å². The SMILES string of the molecule is Cc1ccc(-c2ncc(-c3cnc(C)nc3)cn2)cc1. The van der Waals surface area contributed by atoms with Crippen molar-refractivity contribution in [3.8, 4) is 22.5 Å². The Morgan fingerprint density at radius 1 is 0.600 bits per heavy atom.